The predicted octanol–water partition coefficient (Wildman–Crippen LogP) is 4.00. The Morgan fingerprint density at radius 2 is 2.21 bits per heavy atom. The fraction of sp³-hybridized carbons (Fsp3) is 0.733. The largest absolute Gasteiger partial charge is 0.311 e. The van der Waals surface area contributed by atoms with Crippen molar-refractivity contribution in [2.45, 2.75) is 52.2 Å². The summed E-state index contributed by atoms with van der Waals surface area (Å²) in [6.45, 7) is 12.4. The van der Waals surface area contributed by atoms with Crippen LogP contribution in [0.25, 0.3) is 0 Å². The van der Waals surface area contributed by atoms with Crippen LogP contribution in [-0.4, -0.2) is 29.6 Å². The molecule has 0 bridgehead atoms. The van der Waals surface area contributed by atoms with Crippen LogP contribution in [0, 0.1) is 5.92 Å². The lowest BCUT2D eigenvalue weighted by atomic mass is 9.93. The van der Waals surface area contributed by atoms with Crippen LogP contribution in [0.1, 0.15) is 39.0 Å². The molecule has 1 saturated heterocycles. The number of hydrogen-bond acceptors (Lipinski definition) is 3. The number of nitrogens with zero attached hydrogens (tertiary/aromatic N) is 1. The Bertz CT molecular complexity index is 414. The van der Waals surface area contributed by atoms with Crippen molar-refractivity contribution in [3.63, 3.8) is 0 Å². The van der Waals surface area contributed by atoms with E-state index in [4.69, 9.17) is 11.6 Å². The number of hydrogen-bond donors (Lipinski definition) is 1. The average molecular weight is 301 g/mol. The molecular formula is C15H25ClN2S. The first kappa shape index (κ1) is 15.3. The zero-order valence-electron chi connectivity index (χ0n) is 12.4. The van der Waals surface area contributed by atoms with E-state index in [-0.39, 0.29) is 5.54 Å². The van der Waals surface area contributed by atoms with Crippen LogP contribution in [-0.2, 0) is 6.54 Å². The van der Waals surface area contributed by atoms with E-state index in [2.05, 4.69) is 44.0 Å². The van der Waals surface area contributed by atoms with Crippen molar-refractivity contribution >= 4 is 22.9 Å². The van der Waals surface area contributed by atoms with E-state index in [9.17, 15) is 0 Å². The van der Waals surface area contributed by atoms with E-state index in [1.54, 1.807) is 11.3 Å². The summed E-state index contributed by atoms with van der Waals surface area (Å²) in [5, 5.41) is 3.70. The molecule has 1 aliphatic rings. The first-order valence-electron chi connectivity index (χ1n) is 7.09. The fourth-order valence-electron chi connectivity index (χ4n) is 2.71. The first-order chi connectivity index (χ1) is 8.87. The highest BCUT2D eigenvalue weighted by Gasteiger charge is 2.34. The molecule has 0 radical (unpaired) electrons. The molecule has 2 nitrogen and oxygen atoms in total. The van der Waals surface area contributed by atoms with Crippen LogP contribution in [0.5, 0.6) is 0 Å². The Kier molecular flexibility index (Phi) is 4.93. The third-order valence-corrected chi connectivity index (χ3v) is 5.07. The number of thiophene rings is 1. The highest BCUT2D eigenvalue weighted by molar-refractivity contribution is 7.16. The third kappa shape index (κ3) is 4.19. The van der Waals surface area contributed by atoms with Crippen molar-refractivity contribution in [2.24, 2.45) is 5.92 Å². The molecule has 1 unspecified atom stereocenters. The maximum absolute atomic E-state index is 6.03. The second kappa shape index (κ2) is 6.13. The molecule has 0 amide bonds. The van der Waals surface area contributed by atoms with Gasteiger partial charge in [-0.3, -0.25) is 4.90 Å². The Balaban J connectivity index is 2.02. The molecule has 0 spiro atoms. The molecule has 19 heavy (non-hydrogen) atoms. The van der Waals surface area contributed by atoms with Crippen molar-refractivity contribution in [1.82, 2.24) is 10.2 Å². The lowest BCUT2D eigenvalue weighted by Gasteiger charge is -2.46. The molecular weight excluding hydrogens is 276 g/mol. The van der Waals surface area contributed by atoms with Crippen LogP contribution >= 0.6 is 22.9 Å². The average Bonchev–Trinajstić information content (AvgIpc) is 2.69. The smallest absolute Gasteiger partial charge is 0.0931 e. The maximum atomic E-state index is 6.03. The van der Waals surface area contributed by atoms with Crippen LogP contribution in [0.4, 0.5) is 0 Å². The second-order valence-corrected chi connectivity index (χ2v) is 8.41. The zero-order valence-corrected chi connectivity index (χ0v) is 13.9. The third-order valence-electron chi connectivity index (χ3n) is 3.85. The summed E-state index contributed by atoms with van der Waals surface area (Å²) in [5.74, 6) is 0.747. The van der Waals surface area contributed by atoms with Gasteiger partial charge in [0.15, 0.2) is 0 Å². The summed E-state index contributed by atoms with van der Waals surface area (Å²) in [5.41, 5.74) is 0.212. The van der Waals surface area contributed by atoms with Crippen LogP contribution < -0.4 is 5.32 Å². The quantitative estimate of drug-likeness (QED) is 0.904. The van der Waals surface area contributed by atoms with E-state index in [1.807, 2.05) is 6.07 Å². The Morgan fingerprint density at radius 3 is 2.79 bits per heavy atom. The molecule has 0 aliphatic carbocycles. The molecule has 1 N–H and O–H groups in total. The lowest BCUT2D eigenvalue weighted by Crippen LogP contribution is -2.61. The predicted molar refractivity (Wildman–Crippen MR) is 85.1 cm³/mol. The monoisotopic (exact) mass is 300 g/mol. The fourth-order valence-corrected chi connectivity index (χ4v) is 3.82. The van der Waals surface area contributed by atoms with Crippen LogP contribution in [0.15, 0.2) is 12.1 Å². The SMILES string of the molecule is CC(C)CC1CN(Cc2ccc(Cl)s2)C(C)(C)CN1. The van der Waals surface area contributed by atoms with Crippen molar-refractivity contribution in [1.29, 1.82) is 0 Å². The van der Waals surface area contributed by atoms with Gasteiger partial charge in [0.1, 0.15) is 0 Å². The lowest BCUT2D eigenvalue weighted by molar-refractivity contribution is 0.0545. The second-order valence-electron chi connectivity index (χ2n) is 6.61. The summed E-state index contributed by atoms with van der Waals surface area (Å²) in [7, 11) is 0. The van der Waals surface area contributed by atoms with E-state index in [1.165, 1.54) is 11.3 Å². The molecule has 1 aliphatic heterocycles. The van der Waals surface area contributed by atoms with Gasteiger partial charge in [0, 0.05) is 36.1 Å². The van der Waals surface area contributed by atoms with Gasteiger partial charge in [0.25, 0.3) is 0 Å². The Labute approximate surface area is 126 Å². The summed E-state index contributed by atoms with van der Waals surface area (Å²) in [4.78, 5) is 3.96. The molecule has 2 heterocycles. The number of halogens is 1. The van der Waals surface area contributed by atoms with Crippen molar-refractivity contribution in [2.75, 3.05) is 13.1 Å². The minimum absolute atomic E-state index is 0.212. The van der Waals surface area contributed by atoms with Gasteiger partial charge in [-0.15, -0.1) is 11.3 Å². The van der Waals surface area contributed by atoms with E-state index < -0.39 is 0 Å². The van der Waals surface area contributed by atoms with Crippen molar-refractivity contribution in [3.8, 4) is 0 Å². The highest BCUT2D eigenvalue weighted by Crippen LogP contribution is 2.28. The summed E-state index contributed by atoms with van der Waals surface area (Å²) < 4.78 is 0.890. The summed E-state index contributed by atoms with van der Waals surface area (Å²) in [6, 6.07) is 4.77. The molecule has 108 valence electrons. The van der Waals surface area contributed by atoms with Gasteiger partial charge < -0.3 is 5.32 Å². The normalized spacial score (nSPS) is 24.0. The van der Waals surface area contributed by atoms with Gasteiger partial charge in [-0.05, 0) is 38.3 Å². The topological polar surface area (TPSA) is 15.3 Å². The minimum Gasteiger partial charge on any atom is -0.311 e. The molecule has 0 saturated carbocycles. The molecule has 1 aromatic rings. The van der Waals surface area contributed by atoms with Crippen molar-refractivity contribution < 1.29 is 0 Å². The van der Waals surface area contributed by atoms with Gasteiger partial charge in [-0.25, -0.2) is 0 Å². The van der Waals surface area contributed by atoms with E-state index >= 15 is 0 Å². The van der Waals surface area contributed by atoms with Crippen LogP contribution in [0.2, 0.25) is 4.34 Å². The van der Waals surface area contributed by atoms with E-state index in [0.29, 0.717) is 6.04 Å². The van der Waals surface area contributed by atoms with Gasteiger partial charge in [-0.1, -0.05) is 25.4 Å². The molecule has 1 atom stereocenters. The van der Waals surface area contributed by atoms with Gasteiger partial charge in [0.05, 0.1) is 4.34 Å². The molecule has 2 rings (SSSR count). The van der Waals surface area contributed by atoms with Gasteiger partial charge in [-0.2, -0.15) is 0 Å². The molecule has 4 heteroatoms. The summed E-state index contributed by atoms with van der Waals surface area (Å²) in [6.07, 6.45) is 1.25. The standard InChI is InChI=1S/C15H25ClN2S/c1-11(2)7-12-8-18(15(3,4)10-17-12)9-13-5-6-14(16)19-13/h5-6,11-12,17H,7-10H2,1-4H3. The number of nitrogens with one attached hydrogen (secondary N) is 1. The molecule has 1 fully saturated rings. The van der Waals surface area contributed by atoms with Crippen LogP contribution in [0.3, 0.4) is 0 Å². The molecule has 0 aromatic carbocycles. The Morgan fingerprint density at radius 1 is 1.47 bits per heavy atom. The van der Waals surface area contributed by atoms with Gasteiger partial charge in [0.2, 0.25) is 0 Å². The number of piperazine rings is 1. The number of rotatable bonds is 4. The molecule has 1 aromatic heterocycles. The minimum atomic E-state index is 0.212. The summed E-state index contributed by atoms with van der Waals surface area (Å²) >= 11 is 7.73. The first-order valence-corrected chi connectivity index (χ1v) is 8.29. The Hall–Kier alpha value is -0.0900. The highest BCUT2D eigenvalue weighted by atomic mass is 35.5. The zero-order chi connectivity index (χ0) is 14.0. The van der Waals surface area contributed by atoms with Gasteiger partial charge >= 0.3 is 0 Å². The maximum Gasteiger partial charge on any atom is 0.0931 e. The van der Waals surface area contributed by atoms with Crippen molar-refractivity contribution in [3.05, 3.63) is 21.3 Å². The van der Waals surface area contributed by atoms with E-state index in [0.717, 1.165) is 29.9 Å².